The van der Waals surface area contributed by atoms with Crippen LogP contribution >= 0.6 is 11.8 Å². The fourth-order valence-electron chi connectivity index (χ4n) is 1.95. The van der Waals surface area contributed by atoms with Crippen LogP contribution in [0.3, 0.4) is 0 Å². The molecular weight excluding hydrogens is 314 g/mol. The Morgan fingerprint density at radius 3 is 2.87 bits per heavy atom. The molecule has 0 unspecified atom stereocenters. The number of ether oxygens (including phenoxy) is 1. The highest BCUT2D eigenvalue weighted by Gasteiger charge is 2.11. The lowest BCUT2D eigenvalue weighted by molar-refractivity contribution is 0.391. The molecule has 118 valence electrons. The molecule has 0 aliphatic rings. The van der Waals surface area contributed by atoms with Crippen LogP contribution in [-0.4, -0.2) is 27.2 Å². The van der Waals surface area contributed by atoms with E-state index in [-0.39, 0.29) is 0 Å². The minimum absolute atomic E-state index is 0.447. The fourth-order valence-corrected chi connectivity index (χ4v) is 2.70. The summed E-state index contributed by atoms with van der Waals surface area (Å²) in [6, 6.07) is 9.21. The third-order valence-corrected chi connectivity index (χ3v) is 3.81. The molecule has 0 fully saturated rings. The van der Waals surface area contributed by atoms with Crippen molar-refractivity contribution in [3.63, 3.8) is 0 Å². The van der Waals surface area contributed by atoms with Gasteiger partial charge in [-0.1, -0.05) is 29.1 Å². The predicted molar refractivity (Wildman–Crippen MR) is 87.0 cm³/mol. The third-order valence-electron chi connectivity index (χ3n) is 2.97. The Bertz CT molecular complexity index is 801. The summed E-state index contributed by atoms with van der Waals surface area (Å²) >= 11 is 1.39. The van der Waals surface area contributed by atoms with Crippen LogP contribution in [-0.2, 0) is 5.75 Å². The van der Waals surface area contributed by atoms with Crippen LogP contribution in [0.15, 0.2) is 40.0 Å². The van der Waals surface area contributed by atoms with E-state index in [1.54, 1.807) is 13.2 Å². The molecule has 0 atom stereocenters. The minimum atomic E-state index is 0.447. The summed E-state index contributed by atoms with van der Waals surface area (Å²) in [5, 5.41) is 4.58. The molecule has 0 aliphatic heterocycles. The number of benzene rings is 1. The summed E-state index contributed by atoms with van der Waals surface area (Å²) < 4.78 is 10.5. The van der Waals surface area contributed by atoms with Crippen molar-refractivity contribution in [2.24, 2.45) is 0 Å². The summed E-state index contributed by atoms with van der Waals surface area (Å²) in [6.07, 6.45) is 0. The highest BCUT2D eigenvalue weighted by Crippen LogP contribution is 2.24. The first-order valence-electron chi connectivity index (χ1n) is 6.85. The van der Waals surface area contributed by atoms with E-state index in [1.807, 2.05) is 31.2 Å². The van der Waals surface area contributed by atoms with Gasteiger partial charge in [-0.3, -0.25) is 0 Å². The van der Waals surface area contributed by atoms with Gasteiger partial charge in [0, 0.05) is 17.3 Å². The van der Waals surface area contributed by atoms with Crippen molar-refractivity contribution >= 4 is 17.6 Å². The van der Waals surface area contributed by atoms with Crippen LogP contribution in [0.5, 0.6) is 5.75 Å². The second-order valence-corrected chi connectivity index (χ2v) is 5.69. The Balaban J connectivity index is 1.71. The summed E-state index contributed by atoms with van der Waals surface area (Å²) in [4.78, 5) is 12.8. The average Bonchev–Trinajstić information content (AvgIpc) is 3.01. The normalized spacial score (nSPS) is 10.7. The van der Waals surface area contributed by atoms with Gasteiger partial charge in [0.2, 0.25) is 11.7 Å². The van der Waals surface area contributed by atoms with Crippen molar-refractivity contribution in [2.45, 2.75) is 17.8 Å². The first-order valence-corrected chi connectivity index (χ1v) is 7.83. The van der Waals surface area contributed by atoms with Crippen molar-refractivity contribution < 1.29 is 9.26 Å². The molecule has 0 saturated heterocycles. The molecule has 7 nitrogen and oxygen atoms in total. The average molecular weight is 329 g/mol. The molecule has 23 heavy (non-hydrogen) atoms. The lowest BCUT2D eigenvalue weighted by Crippen LogP contribution is -1.96. The maximum absolute atomic E-state index is 5.71. The maximum Gasteiger partial charge on any atom is 0.237 e. The largest absolute Gasteiger partial charge is 0.497 e. The van der Waals surface area contributed by atoms with E-state index in [0.29, 0.717) is 28.4 Å². The van der Waals surface area contributed by atoms with Crippen molar-refractivity contribution in [2.75, 3.05) is 12.8 Å². The first kappa shape index (κ1) is 15.3. The molecule has 1 aromatic carbocycles. The smallest absolute Gasteiger partial charge is 0.237 e. The third kappa shape index (κ3) is 3.78. The zero-order valence-corrected chi connectivity index (χ0v) is 13.5. The van der Waals surface area contributed by atoms with Crippen LogP contribution in [0.1, 0.15) is 11.6 Å². The van der Waals surface area contributed by atoms with Crippen molar-refractivity contribution in [3.05, 3.63) is 41.9 Å². The van der Waals surface area contributed by atoms with Gasteiger partial charge >= 0.3 is 0 Å². The molecule has 3 rings (SSSR count). The highest BCUT2D eigenvalue weighted by atomic mass is 32.2. The molecule has 3 aromatic rings. The SMILES string of the molecule is COc1cccc(-c2noc(CSc3nc(C)cc(N)n3)n2)c1. The van der Waals surface area contributed by atoms with E-state index in [0.717, 1.165) is 17.0 Å². The van der Waals surface area contributed by atoms with Crippen molar-refractivity contribution in [1.82, 2.24) is 20.1 Å². The Hall–Kier alpha value is -2.61. The number of nitrogen functional groups attached to an aromatic ring is 1. The van der Waals surface area contributed by atoms with E-state index >= 15 is 0 Å². The molecular formula is C15H15N5O2S. The van der Waals surface area contributed by atoms with Gasteiger partial charge in [-0.05, 0) is 19.1 Å². The quantitative estimate of drug-likeness (QED) is 0.563. The number of hydrogen-bond acceptors (Lipinski definition) is 8. The Morgan fingerprint density at radius 2 is 2.09 bits per heavy atom. The topological polar surface area (TPSA) is 100.0 Å². The van der Waals surface area contributed by atoms with Crippen LogP contribution in [0.4, 0.5) is 5.82 Å². The van der Waals surface area contributed by atoms with Crippen molar-refractivity contribution in [3.8, 4) is 17.1 Å². The van der Waals surface area contributed by atoms with Gasteiger partial charge < -0.3 is 15.0 Å². The van der Waals surface area contributed by atoms with Gasteiger partial charge in [0.1, 0.15) is 11.6 Å². The van der Waals surface area contributed by atoms with Crippen LogP contribution in [0.2, 0.25) is 0 Å². The van der Waals surface area contributed by atoms with Crippen molar-refractivity contribution in [1.29, 1.82) is 0 Å². The number of aromatic nitrogens is 4. The minimum Gasteiger partial charge on any atom is -0.497 e. The summed E-state index contributed by atoms with van der Waals surface area (Å²) in [7, 11) is 1.62. The molecule has 0 bridgehead atoms. The first-order chi connectivity index (χ1) is 11.1. The van der Waals surface area contributed by atoms with E-state index in [4.69, 9.17) is 15.0 Å². The Labute approximate surface area is 137 Å². The molecule has 2 heterocycles. The van der Waals surface area contributed by atoms with E-state index in [9.17, 15) is 0 Å². The number of rotatable bonds is 5. The molecule has 2 N–H and O–H groups in total. The molecule has 0 radical (unpaired) electrons. The number of nitrogens with two attached hydrogens (primary N) is 1. The lowest BCUT2D eigenvalue weighted by atomic mass is 10.2. The number of nitrogens with zero attached hydrogens (tertiary/aromatic N) is 4. The van der Waals surface area contributed by atoms with Crippen LogP contribution < -0.4 is 10.5 Å². The van der Waals surface area contributed by atoms with E-state index in [2.05, 4.69) is 20.1 Å². The fraction of sp³-hybridized carbons (Fsp3) is 0.200. The number of anilines is 1. The predicted octanol–water partition coefficient (Wildman–Crippen LogP) is 2.72. The second kappa shape index (κ2) is 6.66. The zero-order chi connectivity index (χ0) is 16.2. The molecule has 8 heteroatoms. The zero-order valence-electron chi connectivity index (χ0n) is 12.7. The Morgan fingerprint density at radius 1 is 1.22 bits per heavy atom. The molecule has 0 saturated carbocycles. The second-order valence-electron chi connectivity index (χ2n) is 4.75. The molecule has 0 aliphatic carbocycles. The molecule has 0 amide bonds. The number of aryl methyl sites for hydroxylation is 1. The van der Waals surface area contributed by atoms with Gasteiger partial charge in [0.25, 0.3) is 0 Å². The Kier molecular flexibility index (Phi) is 4.42. The maximum atomic E-state index is 5.71. The standard InChI is InChI=1S/C15H15N5O2S/c1-9-6-12(16)18-15(17-9)23-8-13-19-14(20-22-13)10-4-3-5-11(7-10)21-2/h3-7H,8H2,1-2H3,(H2,16,17,18). The van der Waals surface area contributed by atoms with Gasteiger partial charge in [0.05, 0.1) is 12.9 Å². The highest BCUT2D eigenvalue weighted by molar-refractivity contribution is 7.98. The van der Waals surface area contributed by atoms with Crippen LogP contribution in [0.25, 0.3) is 11.4 Å². The monoisotopic (exact) mass is 329 g/mol. The summed E-state index contributed by atoms with van der Waals surface area (Å²) in [5.41, 5.74) is 7.36. The van der Waals surface area contributed by atoms with Gasteiger partial charge in [0.15, 0.2) is 5.16 Å². The van der Waals surface area contributed by atoms with Gasteiger partial charge in [-0.15, -0.1) is 0 Å². The summed E-state index contributed by atoms with van der Waals surface area (Å²) in [6.45, 7) is 1.87. The number of thioether (sulfide) groups is 1. The molecule has 0 spiro atoms. The van der Waals surface area contributed by atoms with E-state index in [1.165, 1.54) is 11.8 Å². The number of methoxy groups -OCH3 is 1. The molecule has 2 aromatic heterocycles. The lowest BCUT2D eigenvalue weighted by Gasteiger charge is -2.00. The van der Waals surface area contributed by atoms with Gasteiger partial charge in [-0.25, -0.2) is 9.97 Å². The number of hydrogen-bond donors (Lipinski definition) is 1. The van der Waals surface area contributed by atoms with Crippen LogP contribution in [0, 0.1) is 6.92 Å². The van der Waals surface area contributed by atoms with Gasteiger partial charge in [-0.2, -0.15) is 4.98 Å². The summed E-state index contributed by atoms with van der Waals surface area (Å²) in [5.74, 6) is 2.68. The van der Waals surface area contributed by atoms with E-state index < -0.39 is 0 Å².